The molecule has 32 heavy (non-hydrogen) atoms. The molecule has 0 aliphatic carbocycles. The lowest BCUT2D eigenvalue weighted by Gasteiger charge is -2.28. The van der Waals surface area contributed by atoms with Crippen molar-refractivity contribution in [1.82, 2.24) is 9.62 Å². The quantitative estimate of drug-likeness (QED) is 0.656. The maximum Gasteiger partial charge on any atom is 0.242 e. The molecular weight excluding hydrogens is 450 g/mol. The van der Waals surface area contributed by atoms with E-state index in [0.29, 0.717) is 9.87 Å². The first-order valence-electron chi connectivity index (χ1n) is 10.6. The molecule has 0 spiro atoms. The third-order valence-corrected chi connectivity index (χ3v) is 9.26. The van der Waals surface area contributed by atoms with Gasteiger partial charge in [-0.1, -0.05) is 36.4 Å². The molecule has 2 aromatic rings. The van der Waals surface area contributed by atoms with Gasteiger partial charge in [-0.3, -0.25) is 9.69 Å². The van der Waals surface area contributed by atoms with Crippen molar-refractivity contribution in [3.8, 4) is 0 Å². The van der Waals surface area contributed by atoms with E-state index in [1.807, 2.05) is 30.3 Å². The van der Waals surface area contributed by atoms with Crippen LogP contribution in [0.15, 0.2) is 53.4 Å². The molecule has 2 heterocycles. The monoisotopic (exact) mass is 477 g/mol. The summed E-state index contributed by atoms with van der Waals surface area (Å²) in [4.78, 5) is 14.4. The van der Waals surface area contributed by atoms with Gasteiger partial charge in [0.15, 0.2) is 0 Å². The third-order valence-electron chi connectivity index (χ3n) is 6.01. The first-order valence-corrected chi connectivity index (χ1v) is 13.7. The second-order valence-electron chi connectivity index (χ2n) is 8.20. The Morgan fingerprint density at radius 3 is 2.38 bits per heavy atom. The number of benzene rings is 2. The Balaban J connectivity index is 1.61. The Bertz CT molecular complexity index is 1210. The van der Waals surface area contributed by atoms with Crippen LogP contribution < -0.4 is 9.03 Å². The van der Waals surface area contributed by atoms with Crippen LogP contribution in [0, 0.1) is 6.92 Å². The van der Waals surface area contributed by atoms with E-state index in [0.717, 1.165) is 31.5 Å². The summed E-state index contributed by atoms with van der Waals surface area (Å²) in [5.74, 6) is -0.822. The zero-order chi connectivity index (χ0) is 22.9. The summed E-state index contributed by atoms with van der Waals surface area (Å²) in [6.07, 6.45) is 2.05. The Hall–Kier alpha value is -2.27. The van der Waals surface area contributed by atoms with Crippen molar-refractivity contribution < 1.29 is 21.6 Å². The lowest BCUT2D eigenvalue weighted by atomic mass is 10.1. The van der Waals surface area contributed by atoms with E-state index in [1.165, 1.54) is 18.2 Å². The Kier molecular flexibility index (Phi) is 6.39. The van der Waals surface area contributed by atoms with E-state index in [4.69, 9.17) is 0 Å². The van der Waals surface area contributed by atoms with Gasteiger partial charge in [0.1, 0.15) is 0 Å². The number of nitrogens with one attached hydrogen (secondary N) is 1. The van der Waals surface area contributed by atoms with Crippen LogP contribution in [0.2, 0.25) is 0 Å². The minimum atomic E-state index is -3.94. The predicted octanol–water partition coefficient (Wildman–Crippen LogP) is 2.18. The second kappa shape index (κ2) is 8.93. The fourth-order valence-electron chi connectivity index (χ4n) is 4.33. The number of amides is 1. The molecule has 2 aromatic carbocycles. The fraction of sp³-hybridized carbons (Fsp3) is 0.409. The number of hydrogen-bond donors (Lipinski definition) is 1. The standard InChI is InChI=1S/C22H27N3O5S2/c1-17-9-10-19(25-22(26)11-14-31(25,27)28)15-21(17)32(29,30)23-16-20(24-12-5-6-13-24)18-7-3-2-4-8-18/h2-4,7-10,15,20,23H,5-6,11-14,16H2,1H3. The number of nitrogens with zero attached hydrogens (tertiary/aromatic N) is 2. The van der Waals surface area contributed by atoms with Crippen molar-refractivity contribution in [3.05, 3.63) is 59.7 Å². The zero-order valence-corrected chi connectivity index (χ0v) is 19.5. The molecule has 1 unspecified atom stereocenters. The van der Waals surface area contributed by atoms with Crippen LogP contribution in [-0.4, -0.2) is 53.0 Å². The van der Waals surface area contributed by atoms with Crippen LogP contribution in [0.25, 0.3) is 0 Å². The number of carbonyl (C=O) groups excluding carboxylic acids is 1. The van der Waals surface area contributed by atoms with E-state index >= 15 is 0 Å². The number of rotatable bonds is 7. The Labute approximate surface area is 189 Å². The molecule has 4 rings (SSSR count). The summed E-state index contributed by atoms with van der Waals surface area (Å²) in [7, 11) is -7.72. The average molecular weight is 478 g/mol. The number of likely N-dealkylation sites (tertiary alicyclic amines) is 1. The molecule has 0 bridgehead atoms. The molecule has 10 heteroatoms. The third kappa shape index (κ3) is 4.59. The summed E-state index contributed by atoms with van der Waals surface area (Å²) in [6.45, 7) is 3.65. The summed E-state index contributed by atoms with van der Waals surface area (Å²) in [6, 6.07) is 14.0. The molecule has 0 aromatic heterocycles. The average Bonchev–Trinajstić information content (AvgIpc) is 3.37. The molecule has 1 amide bonds. The highest BCUT2D eigenvalue weighted by molar-refractivity contribution is 7.94. The summed E-state index contributed by atoms with van der Waals surface area (Å²) >= 11 is 0. The number of hydrogen-bond acceptors (Lipinski definition) is 6. The van der Waals surface area contributed by atoms with Crippen LogP contribution in [0.1, 0.15) is 36.4 Å². The van der Waals surface area contributed by atoms with Crippen LogP contribution >= 0.6 is 0 Å². The normalized spacial score (nSPS) is 20.0. The van der Waals surface area contributed by atoms with Gasteiger partial charge in [0.05, 0.1) is 16.3 Å². The highest BCUT2D eigenvalue weighted by Gasteiger charge is 2.37. The molecule has 2 aliphatic heterocycles. The molecule has 2 aliphatic rings. The smallest absolute Gasteiger partial charge is 0.242 e. The fourth-order valence-corrected chi connectivity index (χ4v) is 7.08. The number of anilines is 1. The predicted molar refractivity (Wildman–Crippen MR) is 122 cm³/mol. The minimum absolute atomic E-state index is 0.0295. The highest BCUT2D eigenvalue weighted by Crippen LogP contribution is 2.30. The molecular formula is C22H27N3O5S2. The van der Waals surface area contributed by atoms with E-state index in [9.17, 15) is 21.6 Å². The topological polar surface area (TPSA) is 104 Å². The van der Waals surface area contributed by atoms with Gasteiger partial charge in [-0.05, 0) is 56.1 Å². The maximum absolute atomic E-state index is 13.2. The highest BCUT2D eigenvalue weighted by atomic mass is 32.2. The van der Waals surface area contributed by atoms with Crippen molar-refractivity contribution in [3.63, 3.8) is 0 Å². The van der Waals surface area contributed by atoms with Crippen LogP contribution in [0.5, 0.6) is 0 Å². The first kappa shape index (κ1) is 22.9. The minimum Gasteiger partial charge on any atom is -0.295 e. The molecule has 1 atom stereocenters. The molecule has 0 saturated carbocycles. The van der Waals surface area contributed by atoms with Gasteiger partial charge in [-0.15, -0.1) is 0 Å². The van der Waals surface area contributed by atoms with E-state index in [2.05, 4.69) is 9.62 Å². The molecule has 172 valence electrons. The molecule has 0 radical (unpaired) electrons. The summed E-state index contributed by atoms with van der Waals surface area (Å²) in [5, 5.41) is 0. The van der Waals surface area contributed by atoms with Gasteiger partial charge in [0.2, 0.25) is 26.0 Å². The van der Waals surface area contributed by atoms with Gasteiger partial charge in [-0.2, -0.15) is 0 Å². The second-order valence-corrected chi connectivity index (χ2v) is 11.9. The number of aryl methyl sites for hydroxylation is 1. The summed E-state index contributed by atoms with van der Waals surface area (Å²) < 4.78 is 54.4. The van der Waals surface area contributed by atoms with Crippen molar-refractivity contribution in [2.45, 2.75) is 37.1 Å². The van der Waals surface area contributed by atoms with Crippen molar-refractivity contribution in [2.75, 3.05) is 29.7 Å². The van der Waals surface area contributed by atoms with Crippen LogP contribution in [-0.2, 0) is 24.8 Å². The van der Waals surface area contributed by atoms with E-state index in [-0.39, 0.29) is 35.3 Å². The molecule has 1 N–H and O–H groups in total. The van der Waals surface area contributed by atoms with Crippen molar-refractivity contribution in [2.24, 2.45) is 0 Å². The number of sulfonamides is 2. The van der Waals surface area contributed by atoms with E-state index < -0.39 is 26.0 Å². The molecule has 2 saturated heterocycles. The van der Waals surface area contributed by atoms with Gasteiger partial charge >= 0.3 is 0 Å². The van der Waals surface area contributed by atoms with Gasteiger partial charge < -0.3 is 0 Å². The SMILES string of the molecule is Cc1ccc(N2C(=O)CCS2(=O)=O)cc1S(=O)(=O)NCC(c1ccccc1)N1CCCC1. The Morgan fingerprint density at radius 1 is 1.06 bits per heavy atom. The van der Waals surface area contributed by atoms with Crippen LogP contribution in [0.3, 0.4) is 0 Å². The maximum atomic E-state index is 13.2. The number of carbonyl (C=O) groups is 1. The van der Waals surface area contributed by atoms with Crippen molar-refractivity contribution in [1.29, 1.82) is 0 Å². The lowest BCUT2D eigenvalue weighted by Crippen LogP contribution is -2.37. The lowest BCUT2D eigenvalue weighted by molar-refractivity contribution is -0.116. The van der Waals surface area contributed by atoms with E-state index in [1.54, 1.807) is 6.92 Å². The molecule has 8 nitrogen and oxygen atoms in total. The first-order chi connectivity index (χ1) is 15.2. The van der Waals surface area contributed by atoms with Crippen LogP contribution in [0.4, 0.5) is 5.69 Å². The summed E-state index contributed by atoms with van der Waals surface area (Å²) in [5.41, 5.74) is 1.57. The van der Waals surface area contributed by atoms with Gasteiger partial charge in [-0.25, -0.2) is 25.9 Å². The van der Waals surface area contributed by atoms with Crippen molar-refractivity contribution >= 4 is 31.6 Å². The molecule has 2 fully saturated rings. The largest absolute Gasteiger partial charge is 0.295 e. The van der Waals surface area contributed by atoms with Gasteiger partial charge in [0.25, 0.3) is 0 Å². The Morgan fingerprint density at radius 2 is 1.75 bits per heavy atom. The zero-order valence-electron chi connectivity index (χ0n) is 17.9. The van der Waals surface area contributed by atoms with Gasteiger partial charge in [0, 0.05) is 19.0 Å².